The second kappa shape index (κ2) is 13.5. The normalized spacial score (nSPS) is 17.3. The fourth-order valence-electron chi connectivity index (χ4n) is 5.09. The first-order valence-electron chi connectivity index (χ1n) is 13.8. The quantitative estimate of drug-likeness (QED) is 0.170. The minimum absolute atomic E-state index is 0.302. The van der Waals surface area contributed by atoms with E-state index < -0.39 is 31.9 Å². The van der Waals surface area contributed by atoms with E-state index in [-0.39, 0.29) is 5.82 Å². The molecule has 1 amide bonds. The number of nitrogens with one attached hydrogen (secondary N) is 1. The molecule has 10 heteroatoms. The van der Waals surface area contributed by atoms with Crippen LogP contribution in [0.3, 0.4) is 0 Å². The molecule has 5 rings (SSSR count). The van der Waals surface area contributed by atoms with Gasteiger partial charge in [-0.15, -0.1) is 0 Å². The number of ether oxygens (including phenoxy) is 2. The zero-order chi connectivity index (χ0) is 30.4. The van der Waals surface area contributed by atoms with Crippen molar-refractivity contribution in [2.45, 2.75) is 37.7 Å². The Morgan fingerprint density at radius 3 is 2.28 bits per heavy atom. The van der Waals surface area contributed by atoms with Crippen LogP contribution in [0.5, 0.6) is 5.75 Å². The molecule has 0 radical (unpaired) electrons. The summed E-state index contributed by atoms with van der Waals surface area (Å²) >= 11 is 0. The third-order valence-electron chi connectivity index (χ3n) is 7.47. The molecular formula is C33H33FNO7P. The Morgan fingerprint density at radius 1 is 0.930 bits per heavy atom. The molecule has 0 saturated carbocycles. The van der Waals surface area contributed by atoms with Gasteiger partial charge in [0.05, 0.1) is 17.5 Å². The lowest BCUT2D eigenvalue weighted by Gasteiger charge is -2.22. The molecule has 0 spiro atoms. The van der Waals surface area contributed by atoms with Crippen LogP contribution in [-0.4, -0.2) is 31.5 Å². The fraction of sp³-hybridized carbons (Fsp3) is 0.242. The van der Waals surface area contributed by atoms with Gasteiger partial charge in [0.2, 0.25) is 0 Å². The number of benzene rings is 4. The number of carbonyl (C=O) groups is 1. The van der Waals surface area contributed by atoms with Crippen molar-refractivity contribution in [3.63, 3.8) is 0 Å². The van der Waals surface area contributed by atoms with Crippen LogP contribution in [0.25, 0.3) is 11.1 Å². The molecule has 43 heavy (non-hydrogen) atoms. The lowest BCUT2D eigenvalue weighted by Crippen LogP contribution is -2.24. The molecule has 0 unspecified atom stereocenters. The first-order valence-corrected chi connectivity index (χ1v) is 15.4. The minimum Gasteiger partial charge on any atom is -0.489 e. The average Bonchev–Trinajstić information content (AvgIpc) is 3.42. The molecule has 4 aromatic carbocycles. The van der Waals surface area contributed by atoms with E-state index >= 15 is 0 Å². The smallest absolute Gasteiger partial charge is 0.408 e. The SMILES string of the molecule is COP(=O)(OC)c1ccc(-c2ccc([C@H]3NC(=O)O[C@@H]3CC[C@H](O)c3ccc(F)cc3)c(OCc3ccccc3)c2)cc1. The Balaban J connectivity index is 1.41. The number of aliphatic hydroxyl groups is 1. The van der Waals surface area contributed by atoms with E-state index in [2.05, 4.69) is 5.32 Å². The van der Waals surface area contributed by atoms with E-state index in [1.807, 2.05) is 60.7 Å². The van der Waals surface area contributed by atoms with Gasteiger partial charge in [0.15, 0.2) is 0 Å². The van der Waals surface area contributed by atoms with Gasteiger partial charge in [0, 0.05) is 19.8 Å². The molecule has 0 aromatic heterocycles. The van der Waals surface area contributed by atoms with Gasteiger partial charge in [-0.3, -0.25) is 4.57 Å². The predicted molar refractivity (Wildman–Crippen MR) is 161 cm³/mol. The predicted octanol–water partition coefficient (Wildman–Crippen LogP) is 6.85. The molecule has 1 saturated heterocycles. The van der Waals surface area contributed by atoms with Crippen molar-refractivity contribution in [3.8, 4) is 16.9 Å². The van der Waals surface area contributed by atoms with Crippen LogP contribution >= 0.6 is 7.60 Å². The molecule has 224 valence electrons. The number of hydrogen-bond acceptors (Lipinski definition) is 7. The fourth-order valence-corrected chi connectivity index (χ4v) is 6.17. The van der Waals surface area contributed by atoms with Crippen molar-refractivity contribution in [1.29, 1.82) is 0 Å². The van der Waals surface area contributed by atoms with Crippen LogP contribution in [0.2, 0.25) is 0 Å². The highest BCUT2D eigenvalue weighted by Crippen LogP contribution is 2.45. The highest BCUT2D eigenvalue weighted by Gasteiger charge is 2.37. The maximum Gasteiger partial charge on any atom is 0.408 e. The Bertz CT molecular complexity index is 1570. The van der Waals surface area contributed by atoms with Crippen molar-refractivity contribution in [3.05, 3.63) is 120 Å². The molecule has 0 aliphatic carbocycles. The highest BCUT2D eigenvalue weighted by molar-refractivity contribution is 7.62. The first kappa shape index (κ1) is 30.4. The van der Waals surface area contributed by atoms with Crippen LogP contribution in [0.15, 0.2) is 97.1 Å². The Morgan fingerprint density at radius 2 is 1.60 bits per heavy atom. The number of rotatable bonds is 12. The number of alkyl carbamates (subject to hydrolysis) is 1. The van der Waals surface area contributed by atoms with Crippen molar-refractivity contribution in [2.75, 3.05) is 14.2 Å². The number of cyclic esters (lactones) is 1. The molecule has 1 fully saturated rings. The van der Waals surface area contributed by atoms with Crippen LogP contribution in [0, 0.1) is 5.82 Å². The molecule has 1 aliphatic heterocycles. The van der Waals surface area contributed by atoms with E-state index in [0.29, 0.717) is 36.1 Å². The van der Waals surface area contributed by atoms with Gasteiger partial charge in [-0.1, -0.05) is 66.7 Å². The molecule has 2 N–H and O–H groups in total. The van der Waals surface area contributed by atoms with Crippen LogP contribution in [0.1, 0.15) is 41.7 Å². The summed E-state index contributed by atoms with van der Waals surface area (Å²) in [6.07, 6.45) is -1.29. The summed E-state index contributed by atoms with van der Waals surface area (Å²) in [6, 6.07) is 27.7. The Hall–Kier alpha value is -4.01. The standard InChI is InChI=1S/C33H33FNO7P/c1-39-43(38,40-2)27-15-10-23(11-16-27)25-12-17-28(31(20-25)41-21-22-6-4-3-5-7-22)32-30(42-33(37)35-32)19-18-29(36)24-8-13-26(34)14-9-24/h3-17,20,29-30,32,36H,18-19,21H2,1-2H3,(H,35,37)/t29-,30+,32+/m0/s1. The zero-order valence-electron chi connectivity index (χ0n) is 23.8. The highest BCUT2D eigenvalue weighted by atomic mass is 31.2. The zero-order valence-corrected chi connectivity index (χ0v) is 24.7. The van der Waals surface area contributed by atoms with Gasteiger partial charge in [-0.05, 0) is 65.4 Å². The van der Waals surface area contributed by atoms with Crippen LogP contribution in [0.4, 0.5) is 9.18 Å². The number of carbonyl (C=O) groups excluding carboxylic acids is 1. The first-order chi connectivity index (χ1) is 20.8. The van der Waals surface area contributed by atoms with E-state index in [1.54, 1.807) is 24.3 Å². The van der Waals surface area contributed by atoms with Crippen LogP contribution in [-0.2, 0) is 25.0 Å². The molecule has 4 aromatic rings. The summed E-state index contributed by atoms with van der Waals surface area (Å²) in [6.45, 7) is 0.302. The Kier molecular flexibility index (Phi) is 9.58. The van der Waals surface area contributed by atoms with E-state index in [4.69, 9.17) is 18.5 Å². The van der Waals surface area contributed by atoms with Gasteiger partial charge in [-0.2, -0.15) is 0 Å². The van der Waals surface area contributed by atoms with Crippen LogP contribution < -0.4 is 15.4 Å². The molecular weight excluding hydrogens is 572 g/mol. The largest absolute Gasteiger partial charge is 0.489 e. The molecule has 0 bridgehead atoms. The minimum atomic E-state index is -3.38. The van der Waals surface area contributed by atoms with E-state index in [1.165, 1.54) is 26.4 Å². The van der Waals surface area contributed by atoms with Gasteiger partial charge >= 0.3 is 13.7 Å². The van der Waals surface area contributed by atoms with E-state index in [0.717, 1.165) is 22.3 Å². The van der Waals surface area contributed by atoms with Crippen molar-refractivity contribution in [1.82, 2.24) is 5.32 Å². The summed E-state index contributed by atoms with van der Waals surface area (Å²) in [5.74, 6) is 0.182. The maximum absolute atomic E-state index is 13.3. The summed E-state index contributed by atoms with van der Waals surface area (Å²) < 4.78 is 48.2. The van der Waals surface area contributed by atoms with Gasteiger partial charge < -0.3 is 28.9 Å². The molecule has 1 heterocycles. The lowest BCUT2D eigenvalue weighted by atomic mass is 9.93. The number of halogens is 1. The summed E-state index contributed by atoms with van der Waals surface area (Å²) in [4.78, 5) is 12.4. The topological polar surface area (TPSA) is 103 Å². The monoisotopic (exact) mass is 605 g/mol. The third kappa shape index (κ3) is 7.14. The summed E-state index contributed by atoms with van der Waals surface area (Å²) in [5, 5.41) is 14.0. The second-order valence-electron chi connectivity index (χ2n) is 10.1. The molecule has 8 nitrogen and oxygen atoms in total. The van der Waals surface area contributed by atoms with E-state index in [9.17, 15) is 18.9 Å². The maximum atomic E-state index is 13.3. The van der Waals surface area contributed by atoms with Crippen molar-refractivity contribution in [2.24, 2.45) is 0 Å². The van der Waals surface area contributed by atoms with Gasteiger partial charge in [0.25, 0.3) is 0 Å². The van der Waals surface area contributed by atoms with Gasteiger partial charge in [-0.25, -0.2) is 9.18 Å². The lowest BCUT2D eigenvalue weighted by molar-refractivity contribution is 0.100. The van der Waals surface area contributed by atoms with Crippen molar-refractivity contribution >= 4 is 19.0 Å². The van der Waals surface area contributed by atoms with Gasteiger partial charge in [0.1, 0.15) is 24.3 Å². The average molecular weight is 606 g/mol. The Labute approximate surface area is 249 Å². The molecule has 1 aliphatic rings. The number of aliphatic hydroxyl groups excluding tert-OH is 1. The van der Waals surface area contributed by atoms with Crippen molar-refractivity contribution < 1.29 is 37.4 Å². The third-order valence-corrected chi connectivity index (χ3v) is 9.36. The number of hydrogen-bond donors (Lipinski definition) is 2. The second-order valence-corrected chi connectivity index (χ2v) is 12.4. The summed E-state index contributed by atoms with van der Waals surface area (Å²) in [7, 11) is -0.698. The summed E-state index contributed by atoms with van der Waals surface area (Å²) in [5.41, 5.74) is 3.99. The number of amides is 1. The molecule has 3 atom stereocenters.